The van der Waals surface area contributed by atoms with E-state index in [0.29, 0.717) is 17.3 Å². The second kappa shape index (κ2) is 8.51. The van der Waals surface area contributed by atoms with Crippen molar-refractivity contribution >= 4 is 45.3 Å². The molecule has 0 radical (unpaired) electrons. The molecular formula is C19H22N2O3S2. The van der Waals surface area contributed by atoms with Gasteiger partial charge >= 0.3 is 5.97 Å². The third-order valence-electron chi connectivity index (χ3n) is 4.21. The van der Waals surface area contributed by atoms with E-state index in [1.54, 1.807) is 11.3 Å². The van der Waals surface area contributed by atoms with Crippen molar-refractivity contribution < 1.29 is 14.3 Å². The van der Waals surface area contributed by atoms with Crippen LogP contribution < -0.4 is 15.4 Å². The molecule has 138 valence electrons. The number of fused-ring (bicyclic) bond motifs is 1. The Morgan fingerprint density at radius 2 is 1.92 bits per heavy atom. The Morgan fingerprint density at radius 3 is 2.62 bits per heavy atom. The van der Waals surface area contributed by atoms with Crippen LogP contribution in [0.5, 0.6) is 5.75 Å². The molecule has 0 fully saturated rings. The molecule has 0 atom stereocenters. The highest BCUT2D eigenvalue weighted by Gasteiger charge is 2.26. The monoisotopic (exact) mass is 390 g/mol. The lowest BCUT2D eigenvalue weighted by Gasteiger charge is -2.13. The van der Waals surface area contributed by atoms with Crippen LogP contribution in [0.1, 0.15) is 40.6 Å². The standard InChI is InChI=1S/C19H22N2O3S2/c1-3-24-13-10-8-12(9-11-13)20-19(25)21-17-16(18(22)23-2)14-6-4-5-7-15(14)26-17/h8-11H,3-7H2,1-2H3,(H2,20,21,25). The van der Waals surface area contributed by atoms with Gasteiger partial charge < -0.3 is 20.1 Å². The van der Waals surface area contributed by atoms with Gasteiger partial charge in [0.15, 0.2) is 5.11 Å². The minimum absolute atomic E-state index is 0.309. The number of carbonyl (C=O) groups is 1. The lowest BCUT2D eigenvalue weighted by atomic mass is 9.95. The molecule has 0 saturated heterocycles. The number of aryl methyl sites for hydroxylation is 1. The molecule has 0 saturated carbocycles. The average molecular weight is 391 g/mol. The first-order chi connectivity index (χ1) is 12.6. The van der Waals surface area contributed by atoms with Crippen LogP contribution in [0.3, 0.4) is 0 Å². The van der Waals surface area contributed by atoms with Crippen LogP contribution in [0.15, 0.2) is 24.3 Å². The van der Waals surface area contributed by atoms with Crippen LogP contribution in [0.2, 0.25) is 0 Å². The smallest absolute Gasteiger partial charge is 0.341 e. The van der Waals surface area contributed by atoms with Crippen molar-refractivity contribution in [2.24, 2.45) is 0 Å². The number of methoxy groups -OCH3 is 1. The predicted molar refractivity (Wildman–Crippen MR) is 110 cm³/mol. The number of hydrogen-bond donors (Lipinski definition) is 2. The van der Waals surface area contributed by atoms with Crippen LogP contribution in [0.25, 0.3) is 0 Å². The van der Waals surface area contributed by atoms with Crippen LogP contribution in [-0.2, 0) is 17.6 Å². The third kappa shape index (κ3) is 4.16. The molecule has 2 aromatic rings. The number of ether oxygens (including phenoxy) is 2. The quantitative estimate of drug-likeness (QED) is 0.574. The van der Waals surface area contributed by atoms with E-state index in [4.69, 9.17) is 21.7 Å². The molecule has 0 unspecified atom stereocenters. The fourth-order valence-corrected chi connectivity index (χ4v) is 4.60. The summed E-state index contributed by atoms with van der Waals surface area (Å²) in [6, 6.07) is 7.58. The van der Waals surface area contributed by atoms with Gasteiger partial charge in [0.2, 0.25) is 0 Å². The topological polar surface area (TPSA) is 59.6 Å². The Kier molecular flexibility index (Phi) is 6.11. The van der Waals surface area contributed by atoms with Crippen LogP contribution in [0, 0.1) is 0 Å². The van der Waals surface area contributed by atoms with E-state index in [2.05, 4.69) is 10.6 Å². The van der Waals surface area contributed by atoms with E-state index in [0.717, 1.165) is 47.7 Å². The second-order valence-electron chi connectivity index (χ2n) is 5.94. The fourth-order valence-electron chi connectivity index (χ4n) is 3.04. The van der Waals surface area contributed by atoms with Crippen LogP contribution in [0.4, 0.5) is 10.7 Å². The summed E-state index contributed by atoms with van der Waals surface area (Å²) in [5, 5.41) is 7.52. The van der Waals surface area contributed by atoms with Crippen molar-refractivity contribution in [2.75, 3.05) is 24.4 Å². The number of benzene rings is 1. The summed E-state index contributed by atoms with van der Waals surface area (Å²) in [4.78, 5) is 13.5. The molecule has 1 heterocycles. The molecular weight excluding hydrogens is 368 g/mol. The van der Waals surface area contributed by atoms with E-state index in [-0.39, 0.29) is 5.97 Å². The molecule has 0 aliphatic heterocycles. The van der Waals surface area contributed by atoms with Gasteiger partial charge in [0, 0.05) is 10.6 Å². The molecule has 1 aliphatic carbocycles. The highest BCUT2D eigenvalue weighted by molar-refractivity contribution is 7.80. The van der Waals surface area contributed by atoms with Crippen molar-refractivity contribution in [3.05, 3.63) is 40.3 Å². The maximum absolute atomic E-state index is 12.3. The molecule has 0 spiro atoms. The van der Waals surface area contributed by atoms with Gasteiger partial charge in [-0.2, -0.15) is 0 Å². The Bertz CT molecular complexity index is 800. The Balaban J connectivity index is 1.74. The zero-order chi connectivity index (χ0) is 18.5. The molecule has 1 aromatic heterocycles. The molecule has 26 heavy (non-hydrogen) atoms. The first kappa shape index (κ1) is 18.7. The Morgan fingerprint density at radius 1 is 1.19 bits per heavy atom. The SMILES string of the molecule is CCOc1ccc(NC(=S)Nc2sc3c(c2C(=O)OC)CCCC3)cc1. The largest absolute Gasteiger partial charge is 0.494 e. The Hall–Kier alpha value is -2.12. The van der Waals surface area contributed by atoms with Gasteiger partial charge in [0.1, 0.15) is 10.8 Å². The van der Waals surface area contributed by atoms with Crippen LogP contribution in [-0.4, -0.2) is 24.8 Å². The number of rotatable bonds is 5. The number of carbonyl (C=O) groups excluding carboxylic acids is 1. The summed E-state index contributed by atoms with van der Waals surface area (Å²) < 4.78 is 10.4. The zero-order valence-corrected chi connectivity index (χ0v) is 16.5. The van der Waals surface area contributed by atoms with Gasteiger partial charge in [-0.3, -0.25) is 0 Å². The fraction of sp³-hybridized carbons (Fsp3) is 0.368. The van der Waals surface area contributed by atoms with Gasteiger partial charge in [0.05, 0.1) is 19.3 Å². The second-order valence-corrected chi connectivity index (χ2v) is 7.46. The molecule has 2 N–H and O–H groups in total. The maximum Gasteiger partial charge on any atom is 0.341 e. The third-order valence-corrected chi connectivity index (χ3v) is 5.62. The summed E-state index contributed by atoms with van der Waals surface area (Å²) in [7, 11) is 1.41. The number of hydrogen-bond acceptors (Lipinski definition) is 5. The van der Waals surface area contributed by atoms with Crippen molar-refractivity contribution in [1.29, 1.82) is 0 Å². The molecule has 0 amide bonds. The van der Waals surface area contributed by atoms with E-state index in [9.17, 15) is 4.79 Å². The molecule has 3 rings (SSSR count). The number of thiophene rings is 1. The summed E-state index contributed by atoms with van der Waals surface area (Å²) in [6.45, 7) is 2.58. The van der Waals surface area contributed by atoms with Crippen molar-refractivity contribution in [1.82, 2.24) is 0 Å². The maximum atomic E-state index is 12.3. The van der Waals surface area contributed by atoms with Crippen molar-refractivity contribution in [3.8, 4) is 5.75 Å². The molecule has 7 heteroatoms. The normalized spacial score (nSPS) is 12.8. The molecule has 1 aliphatic rings. The zero-order valence-electron chi connectivity index (χ0n) is 14.9. The Labute approximate surface area is 162 Å². The van der Waals surface area contributed by atoms with Crippen molar-refractivity contribution in [3.63, 3.8) is 0 Å². The summed E-state index contributed by atoms with van der Waals surface area (Å²) in [5.74, 6) is 0.506. The van der Waals surface area contributed by atoms with Crippen molar-refractivity contribution in [2.45, 2.75) is 32.6 Å². The van der Waals surface area contributed by atoms with Gasteiger partial charge in [0.25, 0.3) is 0 Å². The summed E-state index contributed by atoms with van der Waals surface area (Å²) >= 11 is 7.02. The molecule has 5 nitrogen and oxygen atoms in total. The van der Waals surface area contributed by atoms with Gasteiger partial charge in [-0.15, -0.1) is 11.3 Å². The van der Waals surface area contributed by atoms with Crippen LogP contribution >= 0.6 is 23.6 Å². The molecule has 1 aromatic carbocycles. The lowest BCUT2D eigenvalue weighted by Crippen LogP contribution is -2.20. The van der Waals surface area contributed by atoms with Gasteiger partial charge in [-0.05, 0) is 74.7 Å². The number of esters is 1. The van der Waals surface area contributed by atoms with E-state index < -0.39 is 0 Å². The minimum atomic E-state index is -0.309. The average Bonchev–Trinajstić information content (AvgIpc) is 3.00. The first-order valence-corrected chi connectivity index (χ1v) is 9.88. The van der Waals surface area contributed by atoms with E-state index in [1.165, 1.54) is 12.0 Å². The predicted octanol–water partition coefficient (Wildman–Crippen LogP) is 4.62. The summed E-state index contributed by atoms with van der Waals surface area (Å²) in [5.41, 5.74) is 2.59. The van der Waals surface area contributed by atoms with Gasteiger partial charge in [-0.1, -0.05) is 0 Å². The molecule has 0 bridgehead atoms. The van der Waals surface area contributed by atoms with E-state index in [1.807, 2.05) is 31.2 Å². The summed E-state index contributed by atoms with van der Waals surface area (Å²) in [6.07, 6.45) is 4.17. The number of nitrogens with one attached hydrogen (secondary N) is 2. The first-order valence-electron chi connectivity index (χ1n) is 8.66. The van der Waals surface area contributed by atoms with E-state index >= 15 is 0 Å². The number of thiocarbonyl (C=S) groups is 1. The minimum Gasteiger partial charge on any atom is -0.494 e. The number of anilines is 2. The lowest BCUT2D eigenvalue weighted by molar-refractivity contribution is 0.0601. The highest BCUT2D eigenvalue weighted by atomic mass is 32.1. The van der Waals surface area contributed by atoms with Gasteiger partial charge in [-0.25, -0.2) is 4.79 Å². The highest BCUT2D eigenvalue weighted by Crippen LogP contribution is 2.38.